The molecule has 2 heterocycles. The van der Waals surface area contributed by atoms with Gasteiger partial charge in [0.15, 0.2) is 0 Å². The van der Waals surface area contributed by atoms with Crippen LogP contribution in [0.2, 0.25) is 0 Å². The second kappa shape index (κ2) is 6.28. The topological polar surface area (TPSA) is 125 Å². The Labute approximate surface area is 144 Å². The molecule has 1 fully saturated rings. The molecule has 0 bridgehead atoms. The normalized spacial score (nSPS) is 17.8. The maximum atomic E-state index is 12.3. The largest absolute Gasteiger partial charge is 0.312 e. The number of aromatic nitrogens is 3. The lowest BCUT2D eigenvalue weighted by atomic mass is 10.1. The zero-order valence-electron chi connectivity index (χ0n) is 13.7. The standard InChI is InChI=1S/C15H17N5O4S/c1-9-3-5-11(6-4-9)20-8-10(7-12(20)21)13(22)16-14-17-15(19-18-14)25(2,23)24/h3-6,10H,7-8H2,1-2H3,(H2,16,17,18,19,22)/t10-/m0/s1. The summed E-state index contributed by atoms with van der Waals surface area (Å²) in [6, 6.07) is 7.47. The first-order valence-corrected chi connectivity index (χ1v) is 9.43. The summed E-state index contributed by atoms with van der Waals surface area (Å²) in [4.78, 5) is 29.8. The SMILES string of the molecule is Cc1ccc(N2C[C@@H](C(=O)Nc3n[nH]c(S(C)(=O)=O)n3)CC2=O)cc1. The molecule has 0 spiro atoms. The van der Waals surface area contributed by atoms with Crippen molar-refractivity contribution in [1.82, 2.24) is 15.2 Å². The van der Waals surface area contributed by atoms with E-state index in [4.69, 9.17) is 0 Å². The van der Waals surface area contributed by atoms with E-state index in [2.05, 4.69) is 20.5 Å². The van der Waals surface area contributed by atoms with Crippen LogP contribution in [0.1, 0.15) is 12.0 Å². The highest BCUT2D eigenvalue weighted by Crippen LogP contribution is 2.26. The Hall–Kier alpha value is -2.75. The third kappa shape index (κ3) is 3.68. The molecule has 3 rings (SSSR count). The molecule has 0 unspecified atom stereocenters. The first-order valence-electron chi connectivity index (χ1n) is 7.54. The zero-order valence-corrected chi connectivity index (χ0v) is 14.5. The van der Waals surface area contributed by atoms with Gasteiger partial charge in [-0.1, -0.05) is 17.7 Å². The van der Waals surface area contributed by atoms with Crippen molar-refractivity contribution < 1.29 is 18.0 Å². The van der Waals surface area contributed by atoms with Crippen LogP contribution in [0.25, 0.3) is 0 Å². The number of rotatable bonds is 4. The molecule has 132 valence electrons. The zero-order chi connectivity index (χ0) is 18.2. The van der Waals surface area contributed by atoms with Gasteiger partial charge in [0.1, 0.15) is 0 Å². The van der Waals surface area contributed by atoms with Crippen LogP contribution in [0.15, 0.2) is 29.4 Å². The van der Waals surface area contributed by atoms with Gasteiger partial charge in [-0.3, -0.25) is 14.9 Å². The van der Waals surface area contributed by atoms with Gasteiger partial charge in [0.2, 0.25) is 32.8 Å². The summed E-state index contributed by atoms with van der Waals surface area (Å²) >= 11 is 0. The molecule has 2 aromatic rings. The van der Waals surface area contributed by atoms with E-state index in [9.17, 15) is 18.0 Å². The number of sulfone groups is 1. The molecule has 1 atom stereocenters. The number of benzene rings is 1. The quantitative estimate of drug-likeness (QED) is 0.815. The number of carbonyl (C=O) groups excluding carboxylic acids is 2. The molecular weight excluding hydrogens is 346 g/mol. The fourth-order valence-electron chi connectivity index (χ4n) is 2.54. The van der Waals surface area contributed by atoms with E-state index in [1.165, 1.54) is 0 Å². The molecule has 10 heteroatoms. The number of H-pyrrole nitrogens is 1. The number of nitrogens with zero attached hydrogens (tertiary/aromatic N) is 3. The van der Waals surface area contributed by atoms with Gasteiger partial charge in [0, 0.05) is 24.9 Å². The highest BCUT2D eigenvalue weighted by atomic mass is 32.2. The summed E-state index contributed by atoms with van der Waals surface area (Å²) in [6.45, 7) is 2.20. The van der Waals surface area contributed by atoms with Crippen LogP contribution < -0.4 is 10.2 Å². The summed E-state index contributed by atoms with van der Waals surface area (Å²) in [5.41, 5.74) is 1.82. The molecule has 1 aliphatic rings. The summed E-state index contributed by atoms with van der Waals surface area (Å²) < 4.78 is 22.7. The van der Waals surface area contributed by atoms with Crippen LogP contribution >= 0.6 is 0 Å². The van der Waals surface area contributed by atoms with Crippen molar-refractivity contribution in [3.05, 3.63) is 29.8 Å². The molecule has 1 aliphatic heterocycles. The Morgan fingerprint density at radius 1 is 1.32 bits per heavy atom. The number of hydrogen-bond acceptors (Lipinski definition) is 6. The van der Waals surface area contributed by atoms with Gasteiger partial charge in [-0.15, -0.1) is 5.10 Å². The van der Waals surface area contributed by atoms with Crippen LogP contribution in [-0.2, 0) is 19.4 Å². The molecule has 2 N–H and O–H groups in total. The van der Waals surface area contributed by atoms with Gasteiger partial charge in [0.25, 0.3) is 0 Å². The second-order valence-corrected chi connectivity index (χ2v) is 7.90. The first-order chi connectivity index (χ1) is 11.7. The number of aryl methyl sites for hydroxylation is 1. The van der Waals surface area contributed by atoms with Crippen molar-refractivity contribution in [2.24, 2.45) is 5.92 Å². The second-order valence-electron chi connectivity index (χ2n) is 5.97. The van der Waals surface area contributed by atoms with Crippen LogP contribution in [-0.4, -0.2) is 48.2 Å². The molecule has 1 aromatic carbocycles. The minimum Gasteiger partial charge on any atom is -0.312 e. The Morgan fingerprint density at radius 2 is 2.00 bits per heavy atom. The molecule has 1 saturated heterocycles. The number of hydrogen-bond donors (Lipinski definition) is 2. The fourth-order valence-corrected chi connectivity index (χ4v) is 3.00. The van der Waals surface area contributed by atoms with Gasteiger partial charge >= 0.3 is 0 Å². The molecule has 1 aromatic heterocycles. The number of nitrogens with one attached hydrogen (secondary N) is 2. The third-order valence-corrected chi connectivity index (χ3v) is 4.78. The minimum atomic E-state index is -3.54. The lowest BCUT2D eigenvalue weighted by Crippen LogP contribution is -2.28. The van der Waals surface area contributed by atoms with E-state index in [-0.39, 0.29) is 30.0 Å². The molecule has 0 aliphatic carbocycles. The predicted molar refractivity (Wildman–Crippen MR) is 89.8 cm³/mol. The summed E-state index contributed by atoms with van der Waals surface area (Å²) in [5.74, 6) is -1.27. The van der Waals surface area contributed by atoms with Gasteiger partial charge < -0.3 is 4.90 Å². The van der Waals surface area contributed by atoms with Gasteiger partial charge in [-0.05, 0) is 19.1 Å². The summed E-state index contributed by atoms with van der Waals surface area (Å²) in [6.07, 6.45) is 1.05. The van der Waals surface area contributed by atoms with Crippen LogP contribution in [0, 0.1) is 12.8 Å². The Balaban J connectivity index is 1.68. The highest BCUT2D eigenvalue weighted by Gasteiger charge is 2.35. The smallest absolute Gasteiger partial charge is 0.249 e. The van der Waals surface area contributed by atoms with Crippen LogP contribution in [0.5, 0.6) is 0 Å². The Kier molecular flexibility index (Phi) is 4.29. The molecule has 25 heavy (non-hydrogen) atoms. The third-order valence-electron chi connectivity index (χ3n) is 3.89. The molecule has 0 saturated carbocycles. The average molecular weight is 363 g/mol. The van der Waals surface area contributed by atoms with Crippen molar-refractivity contribution in [3.8, 4) is 0 Å². The van der Waals surface area contributed by atoms with Gasteiger partial charge in [-0.2, -0.15) is 4.98 Å². The number of anilines is 2. The summed E-state index contributed by atoms with van der Waals surface area (Å²) in [5, 5.41) is 8.02. The number of aromatic amines is 1. The number of amides is 2. The van der Waals surface area contributed by atoms with E-state index in [0.717, 1.165) is 17.5 Å². The van der Waals surface area contributed by atoms with E-state index >= 15 is 0 Å². The average Bonchev–Trinajstić information content (AvgIpc) is 3.15. The molecule has 0 radical (unpaired) electrons. The lowest BCUT2D eigenvalue weighted by Gasteiger charge is -2.16. The van der Waals surface area contributed by atoms with Crippen molar-refractivity contribution in [3.63, 3.8) is 0 Å². The van der Waals surface area contributed by atoms with Crippen molar-refractivity contribution >= 4 is 33.3 Å². The Bertz CT molecular complexity index is 920. The van der Waals surface area contributed by atoms with Crippen molar-refractivity contribution in [2.75, 3.05) is 23.0 Å². The summed E-state index contributed by atoms with van der Waals surface area (Å²) in [7, 11) is -3.54. The van der Waals surface area contributed by atoms with E-state index < -0.39 is 21.7 Å². The van der Waals surface area contributed by atoms with E-state index in [0.29, 0.717) is 0 Å². The maximum Gasteiger partial charge on any atom is 0.249 e. The van der Waals surface area contributed by atoms with Crippen LogP contribution in [0.3, 0.4) is 0 Å². The fraction of sp³-hybridized carbons (Fsp3) is 0.333. The lowest BCUT2D eigenvalue weighted by molar-refractivity contribution is -0.122. The molecular formula is C15H17N5O4S. The first kappa shape index (κ1) is 17.1. The van der Waals surface area contributed by atoms with E-state index in [1.54, 1.807) is 4.90 Å². The van der Waals surface area contributed by atoms with Crippen LogP contribution in [0.4, 0.5) is 11.6 Å². The van der Waals surface area contributed by atoms with Crippen molar-refractivity contribution in [2.45, 2.75) is 18.5 Å². The maximum absolute atomic E-state index is 12.3. The minimum absolute atomic E-state index is 0.0725. The van der Waals surface area contributed by atoms with Gasteiger partial charge in [0.05, 0.1) is 5.92 Å². The monoisotopic (exact) mass is 363 g/mol. The van der Waals surface area contributed by atoms with E-state index in [1.807, 2.05) is 31.2 Å². The predicted octanol–water partition coefficient (Wildman–Crippen LogP) is 0.508. The Morgan fingerprint density at radius 3 is 2.60 bits per heavy atom. The number of carbonyl (C=O) groups is 2. The highest BCUT2D eigenvalue weighted by molar-refractivity contribution is 7.90. The molecule has 9 nitrogen and oxygen atoms in total. The molecule has 2 amide bonds. The van der Waals surface area contributed by atoms with Gasteiger partial charge in [-0.25, -0.2) is 13.5 Å². The van der Waals surface area contributed by atoms with Crippen molar-refractivity contribution in [1.29, 1.82) is 0 Å².